The van der Waals surface area contributed by atoms with E-state index in [-0.39, 0.29) is 41.2 Å². The van der Waals surface area contributed by atoms with E-state index < -0.39 is 12.6 Å². The summed E-state index contributed by atoms with van der Waals surface area (Å²) in [5.74, 6) is 2.07. The predicted molar refractivity (Wildman–Crippen MR) is 101 cm³/mol. The summed E-state index contributed by atoms with van der Waals surface area (Å²) in [6.07, 6.45) is 4.25. The Labute approximate surface area is 168 Å². The normalized spacial score (nSPS) is 11.2. The van der Waals surface area contributed by atoms with Gasteiger partial charge < -0.3 is 5.21 Å². The van der Waals surface area contributed by atoms with Crippen LogP contribution in [-0.4, -0.2) is 39.9 Å². The summed E-state index contributed by atoms with van der Waals surface area (Å²) in [7, 11) is 0. The van der Waals surface area contributed by atoms with Crippen LogP contribution in [0.1, 0.15) is 12.8 Å². The van der Waals surface area contributed by atoms with Crippen molar-refractivity contribution >= 4 is 35.0 Å². The summed E-state index contributed by atoms with van der Waals surface area (Å²) in [6.45, 7) is -0.0756. The van der Waals surface area contributed by atoms with Crippen LogP contribution in [-0.2, 0) is 4.79 Å². The van der Waals surface area contributed by atoms with Crippen LogP contribution in [0, 0.1) is 17.6 Å². The molecule has 150 valence electrons. The van der Waals surface area contributed by atoms with Crippen LogP contribution in [0.3, 0.4) is 0 Å². The highest BCUT2D eigenvalue weighted by Crippen LogP contribution is 2.27. The molecule has 0 atom stereocenters. The molecule has 2 rings (SSSR count). The number of halogens is 4. The standard InChI is InChI=1S/C17H16ClF3N4O2S/c1-2-7-24(15(26)5-9-28-10-6-17(19,20)21)14-12-25(22-16(14)18)13-4-3-8-23(27)11-13/h1,3-4,8,11-12H,5-7,9-10H2. The number of anilines is 1. The van der Waals surface area contributed by atoms with Gasteiger partial charge in [0, 0.05) is 24.0 Å². The van der Waals surface area contributed by atoms with E-state index in [1.54, 1.807) is 6.07 Å². The molecule has 0 unspecified atom stereocenters. The average Bonchev–Trinajstić information content (AvgIpc) is 2.99. The molecule has 0 aliphatic heterocycles. The third-order valence-electron chi connectivity index (χ3n) is 3.51. The van der Waals surface area contributed by atoms with Gasteiger partial charge in [-0.15, -0.1) is 6.42 Å². The first kappa shape index (κ1) is 21.9. The SMILES string of the molecule is C#CCN(C(=O)CCSCCC(F)(F)F)c1cn(-c2ccc[n+]([O-])c2)nc1Cl. The number of hydrogen-bond acceptors (Lipinski definition) is 4. The number of terminal acetylenes is 1. The number of pyridine rings is 1. The second-order valence-electron chi connectivity index (χ2n) is 5.58. The Balaban J connectivity index is 2.07. The lowest BCUT2D eigenvalue weighted by atomic mass is 10.3. The summed E-state index contributed by atoms with van der Waals surface area (Å²) >= 11 is 7.17. The molecule has 0 aliphatic rings. The smallest absolute Gasteiger partial charge is 0.389 e. The van der Waals surface area contributed by atoms with E-state index >= 15 is 0 Å². The zero-order chi connectivity index (χ0) is 20.7. The van der Waals surface area contributed by atoms with Crippen LogP contribution in [0.5, 0.6) is 0 Å². The highest BCUT2D eigenvalue weighted by atomic mass is 35.5. The van der Waals surface area contributed by atoms with Crippen LogP contribution in [0.2, 0.25) is 5.15 Å². The Morgan fingerprint density at radius 3 is 2.86 bits per heavy atom. The monoisotopic (exact) mass is 432 g/mol. The van der Waals surface area contributed by atoms with Gasteiger partial charge >= 0.3 is 6.18 Å². The Bertz CT molecular complexity index is 867. The van der Waals surface area contributed by atoms with E-state index in [0.717, 1.165) is 11.8 Å². The van der Waals surface area contributed by atoms with Gasteiger partial charge in [-0.2, -0.15) is 34.8 Å². The Morgan fingerprint density at radius 1 is 1.46 bits per heavy atom. The van der Waals surface area contributed by atoms with Gasteiger partial charge in [-0.3, -0.25) is 9.69 Å². The van der Waals surface area contributed by atoms with E-state index in [1.165, 1.54) is 34.2 Å². The molecule has 11 heteroatoms. The Morgan fingerprint density at radius 2 is 2.21 bits per heavy atom. The summed E-state index contributed by atoms with van der Waals surface area (Å²) in [5.41, 5.74) is 0.688. The zero-order valence-corrected chi connectivity index (χ0v) is 16.1. The molecular weight excluding hydrogens is 417 g/mol. The lowest BCUT2D eigenvalue weighted by Crippen LogP contribution is -2.31. The number of rotatable bonds is 8. The fourth-order valence-corrected chi connectivity index (χ4v) is 3.35. The quantitative estimate of drug-likeness (QED) is 0.278. The molecule has 0 saturated heterocycles. The summed E-state index contributed by atoms with van der Waals surface area (Å²) in [6, 6.07) is 3.16. The Kier molecular flexibility index (Phi) is 7.60. The molecule has 1 amide bonds. The van der Waals surface area contributed by atoms with Gasteiger partial charge in [0.05, 0.1) is 19.2 Å². The number of carbonyl (C=O) groups excluding carboxylic acids is 1. The highest BCUT2D eigenvalue weighted by Gasteiger charge is 2.26. The van der Waals surface area contributed by atoms with Crippen molar-refractivity contribution in [2.24, 2.45) is 0 Å². The number of hydrogen-bond donors (Lipinski definition) is 0. The summed E-state index contributed by atoms with van der Waals surface area (Å²) in [4.78, 5) is 13.7. The van der Waals surface area contributed by atoms with Gasteiger partial charge in [0.25, 0.3) is 0 Å². The lowest BCUT2D eigenvalue weighted by Gasteiger charge is -2.18. The topological polar surface area (TPSA) is 65.1 Å². The molecular formula is C17H16ClF3N4O2S. The molecule has 0 aromatic carbocycles. The molecule has 0 aliphatic carbocycles. The molecule has 0 spiro atoms. The van der Waals surface area contributed by atoms with Gasteiger partial charge in [0.15, 0.2) is 11.3 Å². The number of carbonyl (C=O) groups is 1. The zero-order valence-electron chi connectivity index (χ0n) is 14.5. The first-order valence-corrected chi connectivity index (χ1v) is 9.57. The van der Waals surface area contributed by atoms with Crippen LogP contribution in [0.15, 0.2) is 30.7 Å². The van der Waals surface area contributed by atoms with Crippen LogP contribution < -0.4 is 9.63 Å². The van der Waals surface area contributed by atoms with E-state index in [4.69, 9.17) is 18.0 Å². The first-order valence-electron chi connectivity index (χ1n) is 8.04. The third-order valence-corrected chi connectivity index (χ3v) is 4.76. The van der Waals surface area contributed by atoms with Gasteiger partial charge in [0.2, 0.25) is 12.1 Å². The highest BCUT2D eigenvalue weighted by molar-refractivity contribution is 7.99. The molecule has 28 heavy (non-hydrogen) atoms. The van der Waals surface area contributed by atoms with Crippen molar-refractivity contribution in [3.63, 3.8) is 0 Å². The first-order chi connectivity index (χ1) is 13.2. The van der Waals surface area contributed by atoms with E-state index in [9.17, 15) is 23.2 Å². The van der Waals surface area contributed by atoms with Gasteiger partial charge in [-0.25, -0.2) is 4.68 Å². The van der Waals surface area contributed by atoms with Crippen molar-refractivity contribution in [3.05, 3.63) is 41.1 Å². The van der Waals surface area contributed by atoms with Crippen molar-refractivity contribution in [2.75, 3.05) is 23.0 Å². The lowest BCUT2D eigenvalue weighted by molar-refractivity contribution is -0.605. The molecule has 0 fully saturated rings. The predicted octanol–water partition coefficient (Wildman–Crippen LogP) is 3.20. The fraction of sp³-hybridized carbons (Fsp3) is 0.353. The largest absolute Gasteiger partial charge is 0.619 e. The third kappa shape index (κ3) is 6.35. The molecule has 0 N–H and O–H groups in total. The maximum atomic E-state index is 12.5. The van der Waals surface area contributed by atoms with Gasteiger partial charge in [0.1, 0.15) is 11.4 Å². The molecule has 0 radical (unpaired) electrons. The minimum Gasteiger partial charge on any atom is -0.619 e. The van der Waals surface area contributed by atoms with Crippen molar-refractivity contribution < 1.29 is 22.7 Å². The van der Waals surface area contributed by atoms with Crippen molar-refractivity contribution in [3.8, 4) is 18.0 Å². The van der Waals surface area contributed by atoms with Gasteiger partial charge in [-0.1, -0.05) is 17.5 Å². The summed E-state index contributed by atoms with van der Waals surface area (Å²) in [5, 5.41) is 15.5. The summed E-state index contributed by atoms with van der Waals surface area (Å²) < 4.78 is 38.4. The minimum absolute atomic E-state index is 0.00237. The van der Waals surface area contributed by atoms with Crippen molar-refractivity contribution in [2.45, 2.75) is 19.0 Å². The molecule has 0 bridgehead atoms. The molecule has 2 heterocycles. The number of nitrogens with zero attached hydrogens (tertiary/aromatic N) is 4. The van der Waals surface area contributed by atoms with E-state index in [2.05, 4.69) is 11.0 Å². The average molecular weight is 433 g/mol. The number of aromatic nitrogens is 3. The molecule has 6 nitrogen and oxygen atoms in total. The maximum Gasteiger partial charge on any atom is 0.389 e. The van der Waals surface area contributed by atoms with E-state index in [1.807, 2.05) is 0 Å². The number of thioether (sulfide) groups is 1. The van der Waals surface area contributed by atoms with Crippen molar-refractivity contribution in [1.82, 2.24) is 9.78 Å². The van der Waals surface area contributed by atoms with Gasteiger partial charge in [-0.05, 0) is 6.07 Å². The number of amides is 1. The molecule has 0 saturated carbocycles. The van der Waals surface area contributed by atoms with Crippen molar-refractivity contribution in [1.29, 1.82) is 0 Å². The maximum absolute atomic E-state index is 12.5. The van der Waals surface area contributed by atoms with E-state index in [0.29, 0.717) is 10.4 Å². The molecule has 2 aromatic rings. The van der Waals surface area contributed by atoms with Crippen LogP contribution in [0.4, 0.5) is 18.9 Å². The van der Waals surface area contributed by atoms with Crippen LogP contribution in [0.25, 0.3) is 5.69 Å². The second-order valence-corrected chi connectivity index (χ2v) is 7.17. The second kappa shape index (κ2) is 9.71. The number of alkyl halides is 3. The fourth-order valence-electron chi connectivity index (χ4n) is 2.22. The minimum atomic E-state index is -4.21. The van der Waals surface area contributed by atoms with Crippen LogP contribution >= 0.6 is 23.4 Å². The molecule has 2 aromatic heterocycles. The Hall–Kier alpha value is -2.38.